The van der Waals surface area contributed by atoms with Crippen LogP contribution in [0.4, 0.5) is 5.69 Å². The topological polar surface area (TPSA) is 81.5 Å². The molecule has 0 heterocycles. The van der Waals surface area contributed by atoms with Crippen molar-refractivity contribution in [1.29, 1.82) is 0 Å². The Labute approximate surface area is 117 Å². The van der Waals surface area contributed by atoms with Crippen molar-refractivity contribution in [1.82, 2.24) is 5.32 Å². The van der Waals surface area contributed by atoms with E-state index in [1.807, 2.05) is 13.1 Å². The van der Waals surface area contributed by atoms with Gasteiger partial charge in [0.05, 0.1) is 17.6 Å². The van der Waals surface area contributed by atoms with Gasteiger partial charge in [0.2, 0.25) is 0 Å². The van der Waals surface area contributed by atoms with Crippen molar-refractivity contribution in [3.05, 3.63) is 45.0 Å². The molecule has 20 heavy (non-hydrogen) atoms. The number of ether oxygens (including phenoxy) is 1. The van der Waals surface area contributed by atoms with Gasteiger partial charge in [-0.05, 0) is 38.1 Å². The van der Waals surface area contributed by atoms with Crippen molar-refractivity contribution in [2.75, 3.05) is 20.7 Å². The fraction of sp³-hybridized carbons (Fsp3) is 0.357. The van der Waals surface area contributed by atoms with Gasteiger partial charge in [-0.3, -0.25) is 10.1 Å². The fourth-order valence-corrected chi connectivity index (χ4v) is 1.76. The van der Waals surface area contributed by atoms with Crippen molar-refractivity contribution >= 4 is 17.7 Å². The molecule has 0 saturated heterocycles. The molecule has 0 atom stereocenters. The average Bonchev–Trinajstić information content (AvgIpc) is 2.44. The number of carbonyl (C=O) groups excluding carboxylic acids is 1. The molecule has 1 rings (SSSR count). The molecule has 0 aliphatic carbocycles. The quantitative estimate of drug-likeness (QED) is 0.374. The van der Waals surface area contributed by atoms with E-state index in [4.69, 9.17) is 0 Å². The average molecular weight is 278 g/mol. The predicted octanol–water partition coefficient (Wildman–Crippen LogP) is 2.31. The van der Waals surface area contributed by atoms with Crippen LogP contribution in [0.2, 0.25) is 0 Å². The largest absolute Gasteiger partial charge is 0.465 e. The van der Waals surface area contributed by atoms with E-state index >= 15 is 0 Å². The molecule has 1 N–H and O–H groups in total. The number of benzene rings is 1. The van der Waals surface area contributed by atoms with Crippen molar-refractivity contribution in [3.8, 4) is 0 Å². The number of esters is 1. The molecule has 0 amide bonds. The summed E-state index contributed by atoms with van der Waals surface area (Å²) >= 11 is 0. The highest BCUT2D eigenvalue weighted by molar-refractivity contribution is 5.93. The highest BCUT2D eigenvalue weighted by Gasteiger charge is 2.18. The van der Waals surface area contributed by atoms with Crippen molar-refractivity contribution in [2.45, 2.75) is 13.3 Å². The first-order valence-corrected chi connectivity index (χ1v) is 6.19. The lowest BCUT2D eigenvalue weighted by molar-refractivity contribution is -0.384. The van der Waals surface area contributed by atoms with Crippen LogP contribution < -0.4 is 5.32 Å². The maximum Gasteiger partial charge on any atom is 0.338 e. The molecule has 6 heteroatoms. The predicted molar refractivity (Wildman–Crippen MR) is 76.8 cm³/mol. The third-order valence-corrected chi connectivity index (χ3v) is 2.91. The highest BCUT2D eigenvalue weighted by Crippen LogP contribution is 2.24. The van der Waals surface area contributed by atoms with E-state index in [1.54, 1.807) is 13.0 Å². The molecule has 1 aromatic rings. The van der Waals surface area contributed by atoms with Crippen molar-refractivity contribution < 1.29 is 14.5 Å². The zero-order valence-electron chi connectivity index (χ0n) is 11.8. The molecule has 0 saturated carbocycles. The molecule has 6 nitrogen and oxygen atoms in total. The Morgan fingerprint density at radius 2 is 2.20 bits per heavy atom. The minimum atomic E-state index is -0.573. The van der Waals surface area contributed by atoms with Gasteiger partial charge in [-0.25, -0.2) is 4.79 Å². The lowest BCUT2D eigenvalue weighted by Crippen LogP contribution is -2.07. The van der Waals surface area contributed by atoms with E-state index in [-0.39, 0.29) is 11.3 Å². The summed E-state index contributed by atoms with van der Waals surface area (Å²) in [6.07, 6.45) is 4.49. The Kier molecular flexibility index (Phi) is 5.86. The summed E-state index contributed by atoms with van der Waals surface area (Å²) in [6, 6.07) is 2.70. The van der Waals surface area contributed by atoms with Crippen molar-refractivity contribution in [2.24, 2.45) is 0 Å². The van der Waals surface area contributed by atoms with Crippen LogP contribution >= 0.6 is 0 Å². The zero-order chi connectivity index (χ0) is 15.1. The van der Waals surface area contributed by atoms with E-state index in [1.165, 1.54) is 19.2 Å². The maximum absolute atomic E-state index is 11.7. The number of nitrogens with zero attached hydrogens (tertiary/aromatic N) is 1. The molecule has 0 fully saturated rings. The van der Waals surface area contributed by atoms with Crippen LogP contribution in [0, 0.1) is 17.0 Å². The van der Waals surface area contributed by atoms with Gasteiger partial charge in [0.15, 0.2) is 0 Å². The van der Waals surface area contributed by atoms with Gasteiger partial charge in [-0.2, -0.15) is 0 Å². The summed E-state index contributed by atoms with van der Waals surface area (Å²) in [5.74, 6) is -0.573. The first-order valence-electron chi connectivity index (χ1n) is 6.19. The molecule has 0 aliphatic heterocycles. The van der Waals surface area contributed by atoms with Crippen LogP contribution in [0.1, 0.15) is 27.9 Å². The van der Waals surface area contributed by atoms with Gasteiger partial charge in [0.1, 0.15) is 0 Å². The first kappa shape index (κ1) is 15.8. The Morgan fingerprint density at radius 3 is 2.75 bits per heavy atom. The van der Waals surface area contributed by atoms with E-state index in [0.717, 1.165) is 13.0 Å². The third-order valence-electron chi connectivity index (χ3n) is 2.91. The summed E-state index contributed by atoms with van der Waals surface area (Å²) in [5.41, 5.74) is 1.41. The second-order valence-electron chi connectivity index (χ2n) is 4.25. The van der Waals surface area contributed by atoms with E-state index in [2.05, 4.69) is 10.1 Å². The second-order valence-corrected chi connectivity index (χ2v) is 4.25. The number of hydrogen-bond acceptors (Lipinski definition) is 5. The zero-order valence-corrected chi connectivity index (χ0v) is 11.8. The molecule has 108 valence electrons. The van der Waals surface area contributed by atoms with Gasteiger partial charge < -0.3 is 10.1 Å². The number of methoxy groups -OCH3 is 1. The number of nitro benzene ring substituents is 1. The Balaban J connectivity index is 3.21. The highest BCUT2D eigenvalue weighted by atomic mass is 16.6. The van der Waals surface area contributed by atoms with Crippen molar-refractivity contribution in [3.63, 3.8) is 0 Å². The number of nitro groups is 1. The van der Waals surface area contributed by atoms with Crippen LogP contribution in [-0.4, -0.2) is 31.6 Å². The summed E-state index contributed by atoms with van der Waals surface area (Å²) in [7, 11) is 3.10. The van der Waals surface area contributed by atoms with Gasteiger partial charge >= 0.3 is 5.97 Å². The minimum absolute atomic E-state index is 0.121. The molecule has 0 bridgehead atoms. The van der Waals surface area contributed by atoms with Crippen LogP contribution in [0.3, 0.4) is 0 Å². The minimum Gasteiger partial charge on any atom is -0.465 e. The molecule has 1 aromatic carbocycles. The second kappa shape index (κ2) is 7.40. The molecule has 0 unspecified atom stereocenters. The molecular weight excluding hydrogens is 260 g/mol. The standard InChI is InChI=1S/C14H18N2O4/c1-10-11(6-4-5-7-15-2)8-12(16(18)19)9-13(10)14(17)20-3/h4,6,8-9,15H,5,7H2,1-3H3. The summed E-state index contributed by atoms with van der Waals surface area (Å²) < 4.78 is 4.65. The normalized spacial score (nSPS) is 10.8. The fourth-order valence-electron chi connectivity index (χ4n) is 1.76. The number of carbonyl (C=O) groups is 1. The summed E-state index contributed by atoms with van der Waals surface area (Å²) in [4.78, 5) is 22.1. The lowest BCUT2D eigenvalue weighted by atomic mass is 10.0. The monoisotopic (exact) mass is 278 g/mol. The summed E-state index contributed by atoms with van der Waals surface area (Å²) in [5, 5.41) is 13.9. The van der Waals surface area contributed by atoms with Crippen LogP contribution in [0.25, 0.3) is 6.08 Å². The molecule has 0 aromatic heterocycles. The van der Waals surface area contributed by atoms with E-state index < -0.39 is 10.9 Å². The summed E-state index contributed by atoms with van der Waals surface area (Å²) in [6.45, 7) is 2.56. The Bertz CT molecular complexity index is 538. The Morgan fingerprint density at radius 1 is 1.50 bits per heavy atom. The number of non-ortho nitro benzene ring substituents is 1. The lowest BCUT2D eigenvalue weighted by Gasteiger charge is -2.07. The SMILES string of the molecule is CNCCC=Cc1cc([N+](=O)[O-])cc(C(=O)OC)c1C. The van der Waals surface area contributed by atoms with E-state index in [0.29, 0.717) is 11.1 Å². The maximum atomic E-state index is 11.7. The molecular formula is C14H18N2O4. The molecule has 0 aliphatic rings. The van der Waals surface area contributed by atoms with Gasteiger partial charge in [0, 0.05) is 12.1 Å². The third kappa shape index (κ3) is 3.89. The number of hydrogen-bond donors (Lipinski definition) is 1. The van der Waals surface area contributed by atoms with Crippen LogP contribution in [0.15, 0.2) is 18.2 Å². The smallest absolute Gasteiger partial charge is 0.338 e. The van der Waals surface area contributed by atoms with E-state index in [9.17, 15) is 14.9 Å². The first-order chi connectivity index (χ1) is 9.51. The number of rotatable bonds is 6. The van der Waals surface area contributed by atoms with Crippen LogP contribution in [0.5, 0.6) is 0 Å². The van der Waals surface area contributed by atoms with Gasteiger partial charge in [-0.15, -0.1) is 0 Å². The Hall–Kier alpha value is -2.21. The van der Waals surface area contributed by atoms with Crippen LogP contribution in [-0.2, 0) is 4.74 Å². The van der Waals surface area contributed by atoms with Gasteiger partial charge in [0.25, 0.3) is 5.69 Å². The van der Waals surface area contributed by atoms with Gasteiger partial charge in [-0.1, -0.05) is 12.2 Å². The number of nitrogens with one attached hydrogen (secondary N) is 1. The molecule has 0 radical (unpaired) electrons. The molecule has 0 spiro atoms.